The van der Waals surface area contributed by atoms with Crippen LogP contribution >= 0.6 is 0 Å². The number of benzene rings is 1. The molecule has 0 aliphatic carbocycles. The van der Waals surface area contributed by atoms with Crippen LogP contribution in [0.1, 0.15) is 37.7 Å². The van der Waals surface area contributed by atoms with Crippen molar-refractivity contribution in [3.8, 4) is 11.4 Å². The highest BCUT2D eigenvalue weighted by molar-refractivity contribution is 5.90. The second-order valence-corrected chi connectivity index (χ2v) is 8.55. The predicted octanol–water partition coefficient (Wildman–Crippen LogP) is 4.39. The number of carbonyl (C=O) groups is 1. The number of piperidine rings is 1. The lowest BCUT2D eigenvalue weighted by Gasteiger charge is -2.28. The highest BCUT2D eigenvalue weighted by Gasteiger charge is 2.17. The fourth-order valence-corrected chi connectivity index (χ4v) is 4.36. The van der Waals surface area contributed by atoms with Gasteiger partial charge in [0, 0.05) is 25.2 Å². The summed E-state index contributed by atoms with van der Waals surface area (Å²) in [6.07, 6.45) is 6.84. The van der Waals surface area contributed by atoms with Crippen LogP contribution in [0.3, 0.4) is 0 Å². The van der Waals surface area contributed by atoms with Crippen molar-refractivity contribution >= 4 is 22.8 Å². The van der Waals surface area contributed by atoms with Crippen LogP contribution in [0.2, 0.25) is 0 Å². The van der Waals surface area contributed by atoms with E-state index < -0.39 is 0 Å². The summed E-state index contributed by atoms with van der Waals surface area (Å²) in [5.41, 5.74) is 4.21. The number of carbonyl (C=O) groups excluding carboxylic acids is 1. The van der Waals surface area contributed by atoms with Crippen LogP contribution in [-0.4, -0.2) is 45.5 Å². The normalized spacial score (nSPS) is 15.6. The maximum absolute atomic E-state index is 12.4. The van der Waals surface area contributed by atoms with Gasteiger partial charge in [0.15, 0.2) is 0 Å². The molecule has 0 radical (unpaired) electrons. The van der Waals surface area contributed by atoms with Crippen molar-refractivity contribution in [3.05, 3.63) is 42.1 Å². The van der Waals surface area contributed by atoms with Crippen LogP contribution in [0.5, 0.6) is 0 Å². The summed E-state index contributed by atoms with van der Waals surface area (Å²) in [5.74, 6) is 2.25. The Morgan fingerprint density at radius 2 is 2.00 bits per heavy atom. The number of hydrogen-bond acceptors (Lipinski definition) is 4. The van der Waals surface area contributed by atoms with Gasteiger partial charge in [-0.2, -0.15) is 0 Å². The number of hydrogen-bond donors (Lipinski definition) is 1. The molecule has 1 saturated heterocycles. The van der Waals surface area contributed by atoms with Gasteiger partial charge in [0.1, 0.15) is 11.6 Å². The third-order valence-electron chi connectivity index (χ3n) is 6.25. The van der Waals surface area contributed by atoms with Gasteiger partial charge in [-0.05, 0) is 82.4 Å². The number of aromatic nitrogens is 3. The third-order valence-corrected chi connectivity index (χ3v) is 6.25. The summed E-state index contributed by atoms with van der Waals surface area (Å²) >= 11 is 0. The van der Waals surface area contributed by atoms with Gasteiger partial charge in [-0.1, -0.05) is 12.1 Å². The van der Waals surface area contributed by atoms with E-state index >= 15 is 0 Å². The van der Waals surface area contributed by atoms with E-state index in [1.165, 1.54) is 25.9 Å². The zero-order valence-corrected chi connectivity index (χ0v) is 18.2. The standard InChI is InChI=1S/C24H31N5O/c1-17-6-4-8-20-23(17)27-24(29(20)3)19-10-13-25-21(16-19)26-22(30)9-5-7-18-11-14-28(2)15-12-18/h4,6,8,10,13,16,18H,5,7,9,11-12,14-15H2,1-3H3,(H,25,26,30). The van der Waals surface area contributed by atoms with Crippen LogP contribution in [0, 0.1) is 12.8 Å². The minimum Gasteiger partial charge on any atom is -0.327 e. The van der Waals surface area contributed by atoms with Crippen molar-refractivity contribution in [2.24, 2.45) is 13.0 Å². The molecule has 1 aliphatic heterocycles. The Balaban J connectivity index is 1.38. The molecule has 1 fully saturated rings. The monoisotopic (exact) mass is 405 g/mol. The van der Waals surface area contributed by atoms with E-state index in [9.17, 15) is 4.79 Å². The summed E-state index contributed by atoms with van der Waals surface area (Å²) in [5, 5.41) is 2.97. The Morgan fingerprint density at radius 3 is 2.77 bits per heavy atom. The summed E-state index contributed by atoms with van der Waals surface area (Å²) in [4.78, 5) is 24.0. The smallest absolute Gasteiger partial charge is 0.225 e. The number of likely N-dealkylation sites (tertiary alicyclic amines) is 1. The van der Waals surface area contributed by atoms with E-state index in [1.807, 2.05) is 25.2 Å². The average molecular weight is 406 g/mol. The number of pyridine rings is 1. The minimum absolute atomic E-state index is 0.0356. The van der Waals surface area contributed by atoms with Crippen LogP contribution < -0.4 is 5.32 Å². The number of rotatable bonds is 6. The molecule has 30 heavy (non-hydrogen) atoms. The Hall–Kier alpha value is -2.73. The number of para-hydroxylation sites is 1. The SMILES string of the molecule is Cc1cccc2c1nc(-c1ccnc(NC(=O)CCCC3CCN(C)CC3)c1)n2C. The van der Waals surface area contributed by atoms with Crippen molar-refractivity contribution in [2.45, 2.75) is 39.0 Å². The molecule has 3 heterocycles. The molecule has 6 nitrogen and oxygen atoms in total. The molecule has 1 N–H and O–H groups in total. The van der Waals surface area contributed by atoms with E-state index in [0.717, 1.165) is 46.7 Å². The van der Waals surface area contributed by atoms with E-state index in [-0.39, 0.29) is 5.91 Å². The number of nitrogens with zero attached hydrogens (tertiary/aromatic N) is 4. The highest BCUT2D eigenvalue weighted by atomic mass is 16.1. The van der Waals surface area contributed by atoms with Crippen molar-refractivity contribution < 1.29 is 4.79 Å². The molecule has 4 rings (SSSR count). The quantitative estimate of drug-likeness (QED) is 0.660. The van der Waals surface area contributed by atoms with Gasteiger partial charge < -0.3 is 14.8 Å². The molecule has 3 aromatic rings. The van der Waals surface area contributed by atoms with Crippen LogP contribution in [0.4, 0.5) is 5.82 Å². The summed E-state index contributed by atoms with van der Waals surface area (Å²) in [7, 11) is 4.20. The molecule has 0 atom stereocenters. The minimum atomic E-state index is 0.0356. The first-order valence-corrected chi connectivity index (χ1v) is 10.9. The molecule has 2 aromatic heterocycles. The van der Waals surface area contributed by atoms with Crippen molar-refractivity contribution in [1.82, 2.24) is 19.4 Å². The predicted molar refractivity (Wildman–Crippen MR) is 121 cm³/mol. The molecular formula is C24H31N5O. The molecule has 0 unspecified atom stereocenters. The molecular weight excluding hydrogens is 374 g/mol. The average Bonchev–Trinajstić information content (AvgIpc) is 3.08. The molecule has 158 valence electrons. The van der Waals surface area contributed by atoms with E-state index in [1.54, 1.807) is 6.20 Å². The first kappa shape index (κ1) is 20.5. The Kier molecular flexibility index (Phi) is 6.13. The molecule has 1 aliphatic rings. The second kappa shape index (κ2) is 8.96. The van der Waals surface area contributed by atoms with E-state index in [2.05, 4.69) is 45.9 Å². The van der Waals surface area contributed by atoms with Gasteiger partial charge in [-0.3, -0.25) is 4.79 Å². The molecule has 0 spiro atoms. The highest BCUT2D eigenvalue weighted by Crippen LogP contribution is 2.27. The van der Waals surface area contributed by atoms with Crippen LogP contribution in [-0.2, 0) is 11.8 Å². The van der Waals surface area contributed by atoms with Gasteiger partial charge >= 0.3 is 0 Å². The Bertz CT molecular complexity index is 1030. The van der Waals surface area contributed by atoms with Gasteiger partial charge in [0.25, 0.3) is 0 Å². The third kappa shape index (κ3) is 4.54. The van der Waals surface area contributed by atoms with Gasteiger partial charge in [0.05, 0.1) is 11.0 Å². The second-order valence-electron chi connectivity index (χ2n) is 8.55. The fraction of sp³-hybridized carbons (Fsp3) is 0.458. The topological polar surface area (TPSA) is 63.1 Å². The first-order chi connectivity index (χ1) is 14.5. The Labute approximate surface area is 178 Å². The lowest BCUT2D eigenvalue weighted by Crippen LogP contribution is -2.30. The lowest BCUT2D eigenvalue weighted by molar-refractivity contribution is -0.116. The van der Waals surface area contributed by atoms with E-state index in [4.69, 9.17) is 4.98 Å². The number of imidazole rings is 1. The zero-order valence-electron chi connectivity index (χ0n) is 18.2. The summed E-state index contributed by atoms with van der Waals surface area (Å²) in [6.45, 7) is 4.42. The Morgan fingerprint density at radius 1 is 1.20 bits per heavy atom. The maximum Gasteiger partial charge on any atom is 0.225 e. The number of aryl methyl sites for hydroxylation is 2. The van der Waals surface area contributed by atoms with Crippen LogP contribution in [0.15, 0.2) is 36.5 Å². The lowest BCUT2D eigenvalue weighted by atomic mass is 9.92. The number of nitrogens with one attached hydrogen (secondary N) is 1. The molecule has 0 bridgehead atoms. The fourth-order valence-electron chi connectivity index (χ4n) is 4.36. The maximum atomic E-state index is 12.4. The summed E-state index contributed by atoms with van der Waals surface area (Å²) < 4.78 is 2.09. The van der Waals surface area contributed by atoms with Crippen molar-refractivity contribution in [1.29, 1.82) is 0 Å². The van der Waals surface area contributed by atoms with Crippen LogP contribution in [0.25, 0.3) is 22.4 Å². The van der Waals surface area contributed by atoms with Gasteiger partial charge in [-0.15, -0.1) is 0 Å². The summed E-state index contributed by atoms with van der Waals surface area (Å²) in [6, 6.07) is 10.0. The zero-order chi connectivity index (χ0) is 21.1. The molecule has 1 amide bonds. The number of amides is 1. The molecule has 6 heteroatoms. The van der Waals surface area contributed by atoms with Gasteiger partial charge in [-0.25, -0.2) is 9.97 Å². The van der Waals surface area contributed by atoms with E-state index in [0.29, 0.717) is 12.2 Å². The van der Waals surface area contributed by atoms with Gasteiger partial charge in [0.2, 0.25) is 5.91 Å². The number of fused-ring (bicyclic) bond motifs is 1. The largest absolute Gasteiger partial charge is 0.327 e. The van der Waals surface area contributed by atoms with Crippen molar-refractivity contribution in [2.75, 3.05) is 25.5 Å². The molecule has 1 aromatic carbocycles. The first-order valence-electron chi connectivity index (χ1n) is 10.9. The van der Waals surface area contributed by atoms with Crippen molar-refractivity contribution in [3.63, 3.8) is 0 Å². The molecule has 0 saturated carbocycles. The number of anilines is 1.